The van der Waals surface area contributed by atoms with Crippen molar-refractivity contribution in [2.45, 2.75) is 76.7 Å². The average Bonchev–Trinajstić information content (AvgIpc) is 3.10. The average molecular weight is 373 g/mol. The molecule has 0 aromatic heterocycles. The minimum atomic E-state index is 0.131. The van der Waals surface area contributed by atoms with Gasteiger partial charge < -0.3 is 9.80 Å². The molecule has 5 heteroatoms. The van der Waals surface area contributed by atoms with Gasteiger partial charge in [-0.05, 0) is 56.8 Å². The minimum absolute atomic E-state index is 0.131. The molecule has 2 heterocycles. The van der Waals surface area contributed by atoms with Gasteiger partial charge in [0.25, 0.3) is 0 Å². The Labute approximate surface area is 162 Å². The molecule has 0 bridgehead atoms. The van der Waals surface area contributed by atoms with Gasteiger partial charge >= 0.3 is 0 Å². The fourth-order valence-electron chi connectivity index (χ4n) is 5.57. The number of carbonyl (C=O) groups is 3. The summed E-state index contributed by atoms with van der Waals surface area (Å²) >= 11 is 0. The van der Waals surface area contributed by atoms with E-state index in [-0.39, 0.29) is 17.9 Å². The predicted molar refractivity (Wildman–Crippen MR) is 103 cm³/mol. The second-order valence-electron chi connectivity index (χ2n) is 8.85. The van der Waals surface area contributed by atoms with E-state index >= 15 is 0 Å². The number of likely N-dealkylation sites (tertiary alicyclic amines) is 2. The maximum atomic E-state index is 12.6. The topological polar surface area (TPSA) is 57.7 Å². The maximum absolute atomic E-state index is 12.6. The van der Waals surface area contributed by atoms with Crippen LogP contribution in [0.4, 0.5) is 0 Å². The van der Waals surface area contributed by atoms with Gasteiger partial charge in [0, 0.05) is 51.4 Å². The minimum Gasteiger partial charge on any atom is -0.339 e. The van der Waals surface area contributed by atoms with Gasteiger partial charge in [-0.3, -0.25) is 14.4 Å². The molecule has 0 aromatic rings. The van der Waals surface area contributed by atoms with Crippen LogP contribution in [0, 0.1) is 11.8 Å². The molecule has 3 fully saturated rings. The molecule has 5 nitrogen and oxygen atoms in total. The van der Waals surface area contributed by atoms with E-state index in [1.54, 1.807) is 0 Å². The quantitative estimate of drug-likeness (QED) is 0.713. The SMILES string of the molecule is O=C1CCC2CCN(C(=O)CCCC(=O)N3CCC4CCCC=C4C3)C2C1. The van der Waals surface area contributed by atoms with Crippen molar-refractivity contribution in [3.8, 4) is 0 Å². The van der Waals surface area contributed by atoms with E-state index in [2.05, 4.69) is 6.08 Å². The number of hydrogen-bond acceptors (Lipinski definition) is 3. The first-order valence-electron chi connectivity index (χ1n) is 10.9. The van der Waals surface area contributed by atoms with Crippen LogP contribution in [0.15, 0.2) is 11.6 Å². The molecule has 0 radical (unpaired) electrons. The van der Waals surface area contributed by atoms with Gasteiger partial charge in [-0.1, -0.05) is 11.6 Å². The van der Waals surface area contributed by atoms with Gasteiger partial charge in [0.2, 0.25) is 11.8 Å². The molecule has 4 rings (SSSR count). The molecule has 4 aliphatic rings. The summed E-state index contributed by atoms with van der Waals surface area (Å²) in [5.41, 5.74) is 1.46. The number of rotatable bonds is 4. The van der Waals surface area contributed by atoms with Crippen molar-refractivity contribution in [1.82, 2.24) is 9.80 Å². The number of amides is 2. The summed E-state index contributed by atoms with van der Waals surface area (Å²) in [6.45, 7) is 2.46. The molecule has 2 aliphatic carbocycles. The fourth-order valence-corrected chi connectivity index (χ4v) is 5.57. The molecular weight excluding hydrogens is 340 g/mol. The van der Waals surface area contributed by atoms with Gasteiger partial charge in [0.05, 0.1) is 0 Å². The van der Waals surface area contributed by atoms with Crippen LogP contribution in [-0.4, -0.2) is 53.1 Å². The molecule has 2 aliphatic heterocycles. The molecule has 148 valence electrons. The number of allylic oxidation sites excluding steroid dienone is 1. The van der Waals surface area contributed by atoms with Crippen LogP contribution < -0.4 is 0 Å². The Balaban J connectivity index is 1.22. The van der Waals surface area contributed by atoms with Crippen molar-refractivity contribution in [2.75, 3.05) is 19.6 Å². The van der Waals surface area contributed by atoms with Crippen LogP contribution in [0.3, 0.4) is 0 Å². The standard InChI is InChI=1S/C22H32N2O3/c25-19-9-8-17-11-13-24(20(17)14-19)22(27)7-3-6-21(26)23-12-10-16-4-1-2-5-18(16)15-23/h5,16-17,20H,1-4,6-15H2. The Kier molecular flexibility index (Phi) is 5.65. The van der Waals surface area contributed by atoms with Crippen LogP contribution >= 0.6 is 0 Å². The second-order valence-corrected chi connectivity index (χ2v) is 8.85. The first-order valence-corrected chi connectivity index (χ1v) is 10.9. The van der Waals surface area contributed by atoms with Crippen molar-refractivity contribution < 1.29 is 14.4 Å². The Morgan fingerprint density at radius 2 is 1.89 bits per heavy atom. The van der Waals surface area contributed by atoms with Gasteiger partial charge in [-0.15, -0.1) is 0 Å². The number of hydrogen-bond donors (Lipinski definition) is 0. The maximum Gasteiger partial charge on any atom is 0.222 e. The van der Waals surface area contributed by atoms with Crippen LogP contribution in [-0.2, 0) is 14.4 Å². The summed E-state index contributed by atoms with van der Waals surface area (Å²) in [5, 5.41) is 0. The molecular formula is C22H32N2O3. The summed E-state index contributed by atoms with van der Waals surface area (Å²) in [6, 6.07) is 0.131. The monoisotopic (exact) mass is 372 g/mol. The lowest BCUT2D eigenvalue weighted by atomic mass is 9.82. The first kappa shape index (κ1) is 18.7. The van der Waals surface area contributed by atoms with Crippen molar-refractivity contribution in [1.29, 1.82) is 0 Å². The Hall–Kier alpha value is -1.65. The number of nitrogens with zero attached hydrogens (tertiary/aromatic N) is 2. The number of ketones is 1. The van der Waals surface area contributed by atoms with Crippen molar-refractivity contribution >= 4 is 17.6 Å². The van der Waals surface area contributed by atoms with Gasteiger partial charge in [-0.25, -0.2) is 0 Å². The molecule has 1 saturated carbocycles. The van der Waals surface area contributed by atoms with E-state index in [9.17, 15) is 14.4 Å². The lowest BCUT2D eigenvalue weighted by Gasteiger charge is -2.36. The molecule has 0 aromatic carbocycles. The predicted octanol–water partition coefficient (Wildman–Crippen LogP) is 3.09. The summed E-state index contributed by atoms with van der Waals surface area (Å²) in [6.07, 6.45) is 11.9. The summed E-state index contributed by atoms with van der Waals surface area (Å²) < 4.78 is 0. The lowest BCUT2D eigenvalue weighted by molar-refractivity contribution is -0.134. The highest BCUT2D eigenvalue weighted by atomic mass is 16.2. The largest absolute Gasteiger partial charge is 0.339 e. The summed E-state index contributed by atoms with van der Waals surface area (Å²) in [7, 11) is 0. The number of fused-ring (bicyclic) bond motifs is 2. The van der Waals surface area contributed by atoms with E-state index in [0.717, 1.165) is 45.3 Å². The zero-order valence-corrected chi connectivity index (χ0v) is 16.3. The van der Waals surface area contributed by atoms with Crippen LogP contribution in [0.25, 0.3) is 0 Å². The van der Waals surface area contributed by atoms with E-state index in [1.807, 2.05) is 9.80 Å². The van der Waals surface area contributed by atoms with Crippen molar-refractivity contribution in [3.63, 3.8) is 0 Å². The molecule has 3 unspecified atom stereocenters. The van der Waals surface area contributed by atoms with E-state index in [0.29, 0.717) is 49.7 Å². The summed E-state index contributed by atoms with van der Waals surface area (Å²) in [4.78, 5) is 40.9. The van der Waals surface area contributed by atoms with Crippen LogP contribution in [0.2, 0.25) is 0 Å². The molecule has 3 atom stereocenters. The normalized spacial score (nSPS) is 30.6. The molecule has 0 spiro atoms. The molecule has 2 saturated heterocycles. The molecule has 27 heavy (non-hydrogen) atoms. The van der Waals surface area contributed by atoms with Gasteiger partial charge in [-0.2, -0.15) is 0 Å². The Morgan fingerprint density at radius 3 is 2.78 bits per heavy atom. The zero-order valence-electron chi connectivity index (χ0n) is 16.3. The highest BCUT2D eigenvalue weighted by Crippen LogP contribution is 2.35. The van der Waals surface area contributed by atoms with E-state index in [4.69, 9.17) is 0 Å². The third-order valence-electron chi connectivity index (χ3n) is 7.18. The zero-order chi connectivity index (χ0) is 18.8. The van der Waals surface area contributed by atoms with Crippen molar-refractivity contribution in [2.24, 2.45) is 11.8 Å². The second kappa shape index (κ2) is 8.15. The molecule has 2 amide bonds. The van der Waals surface area contributed by atoms with Crippen LogP contribution in [0.1, 0.15) is 70.6 Å². The Bertz CT molecular complexity index is 641. The van der Waals surface area contributed by atoms with E-state index in [1.165, 1.54) is 18.4 Å². The third kappa shape index (κ3) is 4.12. The number of Topliss-reactive ketones (excluding diaryl/α,β-unsaturated/α-hetero) is 1. The lowest BCUT2D eigenvalue weighted by Crippen LogP contribution is -2.42. The highest BCUT2D eigenvalue weighted by Gasteiger charge is 2.40. The summed E-state index contributed by atoms with van der Waals surface area (Å²) in [5.74, 6) is 1.84. The van der Waals surface area contributed by atoms with E-state index < -0.39 is 0 Å². The number of carbonyl (C=O) groups excluding carboxylic acids is 3. The van der Waals surface area contributed by atoms with Gasteiger partial charge in [0.1, 0.15) is 5.78 Å². The van der Waals surface area contributed by atoms with Crippen LogP contribution in [0.5, 0.6) is 0 Å². The van der Waals surface area contributed by atoms with Crippen molar-refractivity contribution in [3.05, 3.63) is 11.6 Å². The smallest absolute Gasteiger partial charge is 0.222 e. The Morgan fingerprint density at radius 1 is 1.04 bits per heavy atom. The first-order chi connectivity index (χ1) is 13.1. The fraction of sp³-hybridized carbons (Fsp3) is 0.773. The number of piperidine rings is 1. The highest BCUT2D eigenvalue weighted by molar-refractivity contribution is 5.83. The van der Waals surface area contributed by atoms with Gasteiger partial charge in [0.15, 0.2) is 0 Å². The third-order valence-corrected chi connectivity index (χ3v) is 7.18. The molecule has 0 N–H and O–H groups in total.